The van der Waals surface area contributed by atoms with Gasteiger partial charge in [0.1, 0.15) is 0 Å². The molecular weight excluding hydrogens is 532 g/mol. The Hall–Kier alpha value is -4.26. The van der Waals surface area contributed by atoms with E-state index in [9.17, 15) is 9.59 Å². The summed E-state index contributed by atoms with van der Waals surface area (Å²) in [5.74, 6) is -0.119. The van der Waals surface area contributed by atoms with E-state index >= 15 is 0 Å². The summed E-state index contributed by atoms with van der Waals surface area (Å²) in [6.07, 6.45) is 0.533. The number of Topliss-reactive ketones (excluding diaryl/α,β-unsaturated/α-hetero) is 2. The van der Waals surface area contributed by atoms with Gasteiger partial charge in [0.25, 0.3) is 0 Å². The van der Waals surface area contributed by atoms with E-state index in [1.165, 1.54) is 11.1 Å². The molecule has 2 fully saturated rings. The van der Waals surface area contributed by atoms with Gasteiger partial charge in [-0.05, 0) is 41.8 Å². The van der Waals surface area contributed by atoms with E-state index in [2.05, 4.69) is 44.7 Å². The molecule has 0 bridgehead atoms. The van der Waals surface area contributed by atoms with Gasteiger partial charge in [0.15, 0.2) is 11.6 Å². The number of piperidine rings is 2. The van der Waals surface area contributed by atoms with Crippen molar-refractivity contribution in [2.75, 3.05) is 36.8 Å². The second kappa shape index (κ2) is 13.8. The number of ketones is 2. The molecule has 6 nitrogen and oxygen atoms in total. The number of nitrogens with zero attached hydrogens (tertiary/aromatic N) is 2. The minimum Gasteiger partial charge on any atom is -0.380 e. The fourth-order valence-corrected chi connectivity index (χ4v) is 6.64. The number of para-hydroxylation sites is 2. The molecule has 4 aromatic rings. The summed E-state index contributed by atoms with van der Waals surface area (Å²) < 4.78 is 0. The first-order valence-corrected chi connectivity index (χ1v) is 15.3. The number of likely N-dealkylation sites (tertiary alicyclic amines) is 2. The second-order valence-electron chi connectivity index (χ2n) is 11.9. The molecule has 2 N–H and O–H groups in total. The number of rotatable bonds is 10. The molecule has 6 rings (SSSR count). The molecule has 0 radical (unpaired) electrons. The Morgan fingerprint density at radius 3 is 1.23 bits per heavy atom. The number of benzene rings is 4. The van der Waals surface area contributed by atoms with Gasteiger partial charge >= 0.3 is 0 Å². The monoisotopic (exact) mass is 572 g/mol. The smallest absolute Gasteiger partial charge is 0.152 e. The van der Waals surface area contributed by atoms with E-state index in [0.717, 1.165) is 37.6 Å². The minimum absolute atomic E-state index is 0.0973. The standard InChI is InChI=1S/C37H40N4O2/c42-36-26-40(22-28-13-5-1-6-14-28)24-34(38-30-17-9-3-10-18-30)32(36)21-33-35(39-31-19-11-4-12-20-31)25-41(27-37(33)43)23-29-15-7-2-8-16-29/h1-20,32-35,38-39H,21-27H2. The molecule has 0 spiro atoms. The summed E-state index contributed by atoms with van der Waals surface area (Å²) in [7, 11) is 0. The lowest BCUT2D eigenvalue weighted by Crippen LogP contribution is -2.57. The predicted molar refractivity (Wildman–Crippen MR) is 173 cm³/mol. The van der Waals surface area contributed by atoms with E-state index in [4.69, 9.17) is 0 Å². The maximum atomic E-state index is 13.9. The highest BCUT2D eigenvalue weighted by Crippen LogP contribution is 2.32. The first kappa shape index (κ1) is 28.8. The molecule has 43 heavy (non-hydrogen) atoms. The third kappa shape index (κ3) is 7.58. The van der Waals surface area contributed by atoms with Crippen molar-refractivity contribution in [3.8, 4) is 0 Å². The zero-order valence-electron chi connectivity index (χ0n) is 24.5. The Bertz CT molecular complexity index is 1350. The Morgan fingerprint density at radius 2 is 0.860 bits per heavy atom. The Balaban J connectivity index is 1.23. The zero-order valence-corrected chi connectivity index (χ0v) is 24.5. The van der Waals surface area contributed by atoms with Crippen molar-refractivity contribution < 1.29 is 9.59 Å². The van der Waals surface area contributed by atoms with Gasteiger partial charge in [0.2, 0.25) is 0 Å². The topological polar surface area (TPSA) is 64.7 Å². The van der Waals surface area contributed by atoms with Crippen LogP contribution in [0.4, 0.5) is 11.4 Å². The lowest BCUT2D eigenvalue weighted by molar-refractivity contribution is -0.131. The Kier molecular flexibility index (Phi) is 9.26. The van der Waals surface area contributed by atoms with Gasteiger partial charge in [0, 0.05) is 61.5 Å². The average molecular weight is 573 g/mol. The lowest BCUT2D eigenvalue weighted by atomic mass is 9.76. The van der Waals surface area contributed by atoms with Crippen LogP contribution in [-0.4, -0.2) is 59.6 Å². The predicted octanol–water partition coefficient (Wildman–Crippen LogP) is 5.74. The van der Waals surface area contributed by atoms with Crippen LogP contribution in [0.1, 0.15) is 17.5 Å². The van der Waals surface area contributed by atoms with Crippen LogP contribution in [0.2, 0.25) is 0 Å². The summed E-state index contributed by atoms with van der Waals surface area (Å²) in [6, 6.07) is 40.7. The molecule has 0 amide bonds. The lowest BCUT2D eigenvalue weighted by Gasteiger charge is -2.43. The minimum atomic E-state index is -0.262. The largest absolute Gasteiger partial charge is 0.380 e. The molecule has 0 aromatic heterocycles. The van der Waals surface area contributed by atoms with Crippen molar-refractivity contribution in [1.29, 1.82) is 0 Å². The van der Waals surface area contributed by atoms with Crippen LogP contribution in [0, 0.1) is 11.8 Å². The molecular formula is C37H40N4O2. The van der Waals surface area contributed by atoms with Crippen LogP contribution in [-0.2, 0) is 22.7 Å². The van der Waals surface area contributed by atoms with Gasteiger partial charge in [-0.2, -0.15) is 0 Å². The average Bonchev–Trinajstić information content (AvgIpc) is 3.02. The maximum absolute atomic E-state index is 13.9. The Morgan fingerprint density at radius 1 is 0.512 bits per heavy atom. The third-order valence-corrected chi connectivity index (χ3v) is 8.72. The molecule has 0 saturated carbocycles. The van der Waals surface area contributed by atoms with Gasteiger partial charge < -0.3 is 10.6 Å². The van der Waals surface area contributed by atoms with Crippen molar-refractivity contribution in [1.82, 2.24) is 9.80 Å². The number of carbonyl (C=O) groups is 2. The van der Waals surface area contributed by atoms with Crippen molar-refractivity contribution in [3.63, 3.8) is 0 Å². The molecule has 6 heteroatoms. The second-order valence-corrected chi connectivity index (χ2v) is 11.9. The number of carbonyl (C=O) groups excluding carboxylic acids is 2. The highest BCUT2D eigenvalue weighted by molar-refractivity contribution is 5.88. The van der Waals surface area contributed by atoms with E-state index in [1.807, 2.05) is 97.1 Å². The van der Waals surface area contributed by atoms with Gasteiger partial charge in [-0.3, -0.25) is 19.4 Å². The van der Waals surface area contributed by atoms with Gasteiger partial charge in [0.05, 0.1) is 13.1 Å². The van der Waals surface area contributed by atoms with E-state index in [-0.39, 0.29) is 35.5 Å². The summed E-state index contributed by atoms with van der Waals surface area (Å²) in [6.45, 7) is 3.70. The number of nitrogens with one attached hydrogen (secondary N) is 2. The molecule has 0 aliphatic carbocycles. The molecule has 4 atom stereocenters. The van der Waals surface area contributed by atoms with Crippen molar-refractivity contribution in [2.24, 2.45) is 11.8 Å². The SMILES string of the molecule is O=C1CN(Cc2ccccc2)CC(Nc2ccccc2)C1CC1C(=O)CN(Cc2ccccc2)CC1Nc1ccccc1. The first-order valence-electron chi connectivity index (χ1n) is 15.3. The quantitative estimate of drug-likeness (QED) is 0.253. The van der Waals surface area contributed by atoms with Gasteiger partial charge in [-0.25, -0.2) is 0 Å². The molecule has 2 heterocycles. The van der Waals surface area contributed by atoms with Crippen molar-refractivity contribution in [2.45, 2.75) is 31.6 Å². The van der Waals surface area contributed by atoms with Gasteiger partial charge in [-0.1, -0.05) is 97.1 Å². The maximum Gasteiger partial charge on any atom is 0.152 e. The van der Waals surface area contributed by atoms with E-state index in [1.54, 1.807) is 0 Å². The number of anilines is 2. The van der Waals surface area contributed by atoms with Crippen LogP contribution < -0.4 is 10.6 Å². The van der Waals surface area contributed by atoms with Crippen LogP contribution in [0.15, 0.2) is 121 Å². The van der Waals surface area contributed by atoms with Crippen LogP contribution >= 0.6 is 0 Å². The van der Waals surface area contributed by atoms with Gasteiger partial charge in [-0.15, -0.1) is 0 Å². The highest BCUT2D eigenvalue weighted by atomic mass is 16.1. The van der Waals surface area contributed by atoms with E-state index < -0.39 is 0 Å². The van der Waals surface area contributed by atoms with Crippen LogP contribution in [0.3, 0.4) is 0 Å². The molecule has 2 aliphatic heterocycles. The molecule has 4 unspecified atom stereocenters. The normalized spacial score (nSPS) is 23.2. The summed E-state index contributed by atoms with van der Waals surface area (Å²) >= 11 is 0. The molecule has 2 saturated heterocycles. The molecule has 4 aromatic carbocycles. The fourth-order valence-electron chi connectivity index (χ4n) is 6.64. The van der Waals surface area contributed by atoms with Crippen LogP contribution in [0.25, 0.3) is 0 Å². The van der Waals surface area contributed by atoms with Crippen LogP contribution in [0.5, 0.6) is 0 Å². The molecule has 220 valence electrons. The fraction of sp³-hybridized carbons (Fsp3) is 0.297. The zero-order chi connectivity index (χ0) is 29.4. The number of hydrogen-bond acceptors (Lipinski definition) is 6. The third-order valence-electron chi connectivity index (χ3n) is 8.72. The van der Waals surface area contributed by atoms with Crippen molar-refractivity contribution in [3.05, 3.63) is 132 Å². The van der Waals surface area contributed by atoms with E-state index in [0.29, 0.717) is 19.5 Å². The summed E-state index contributed by atoms with van der Waals surface area (Å²) in [5.41, 5.74) is 4.38. The number of hydrogen-bond donors (Lipinski definition) is 2. The molecule has 2 aliphatic rings. The first-order chi connectivity index (χ1) is 21.1. The highest BCUT2D eigenvalue weighted by Gasteiger charge is 2.43. The summed E-state index contributed by atoms with van der Waals surface area (Å²) in [4.78, 5) is 32.3. The summed E-state index contributed by atoms with van der Waals surface area (Å²) in [5, 5.41) is 7.37. The Labute approximate surface area is 254 Å². The van der Waals surface area contributed by atoms with Crippen molar-refractivity contribution >= 4 is 22.9 Å².